The molecule has 2 rings (SSSR count). The molecule has 0 saturated heterocycles. The van der Waals surface area contributed by atoms with Crippen molar-refractivity contribution in [2.24, 2.45) is 0 Å². The Hall–Kier alpha value is -2.14. The lowest BCUT2D eigenvalue weighted by Crippen LogP contribution is -2.21. The summed E-state index contributed by atoms with van der Waals surface area (Å²) in [5, 5.41) is 13.5. The van der Waals surface area contributed by atoms with Crippen LogP contribution >= 0.6 is 11.6 Å². The second-order valence-corrected chi connectivity index (χ2v) is 3.70. The monoisotopic (exact) mass is 250 g/mol. The van der Waals surface area contributed by atoms with Crippen LogP contribution in [-0.4, -0.2) is 21.2 Å². The van der Waals surface area contributed by atoms with Gasteiger partial charge in [-0.25, -0.2) is 0 Å². The van der Waals surface area contributed by atoms with Crippen molar-refractivity contribution in [1.29, 1.82) is 0 Å². The Balaban J connectivity index is 2.63. The molecule has 0 saturated carbocycles. The maximum Gasteiger partial charge on any atom is 0.275 e. The zero-order valence-corrected chi connectivity index (χ0v) is 9.26. The summed E-state index contributed by atoms with van der Waals surface area (Å²) in [6.45, 7) is 0. The summed E-state index contributed by atoms with van der Waals surface area (Å²) in [5.41, 5.74) is -0.266. The zero-order valence-electron chi connectivity index (χ0n) is 8.50. The number of rotatable bonds is 2. The molecule has 17 heavy (non-hydrogen) atoms. The number of halogens is 1. The fourth-order valence-corrected chi connectivity index (χ4v) is 1.44. The van der Waals surface area contributed by atoms with Crippen molar-refractivity contribution < 1.29 is 9.90 Å². The van der Waals surface area contributed by atoms with Gasteiger partial charge in [0.05, 0.1) is 5.69 Å². The standard InChI is InChI=1S/C11H7ClN2O3/c12-7-1-3-8(4-2-7)14-11(17)5-10(16)9(6-15)13-14/h1-6,16H. The first-order chi connectivity index (χ1) is 8.11. The topological polar surface area (TPSA) is 72.2 Å². The van der Waals surface area contributed by atoms with Crippen LogP contribution in [0, 0.1) is 0 Å². The molecule has 0 fully saturated rings. The number of nitrogens with zero attached hydrogens (tertiary/aromatic N) is 2. The quantitative estimate of drug-likeness (QED) is 0.818. The molecular weight excluding hydrogens is 244 g/mol. The molecule has 0 amide bonds. The molecule has 0 unspecified atom stereocenters. The first-order valence-electron chi connectivity index (χ1n) is 4.66. The Kier molecular flexibility index (Phi) is 2.93. The van der Waals surface area contributed by atoms with Crippen LogP contribution in [0.1, 0.15) is 10.5 Å². The van der Waals surface area contributed by atoms with Crippen LogP contribution in [0.15, 0.2) is 35.1 Å². The van der Waals surface area contributed by atoms with Crippen LogP contribution in [0.4, 0.5) is 0 Å². The van der Waals surface area contributed by atoms with Gasteiger partial charge in [-0.05, 0) is 24.3 Å². The van der Waals surface area contributed by atoms with E-state index in [-0.39, 0.29) is 5.69 Å². The highest BCUT2D eigenvalue weighted by atomic mass is 35.5. The number of aldehydes is 1. The van der Waals surface area contributed by atoms with E-state index in [1.54, 1.807) is 24.3 Å². The number of hydrogen-bond acceptors (Lipinski definition) is 4. The van der Waals surface area contributed by atoms with Gasteiger partial charge in [0.25, 0.3) is 5.56 Å². The first-order valence-corrected chi connectivity index (χ1v) is 5.04. The first kappa shape index (κ1) is 11.3. The van der Waals surface area contributed by atoms with E-state index in [9.17, 15) is 14.7 Å². The van der Waals surface area contributed by atoms with E-state index >= 15 is 0 Å². The van der Waals surface area contributed by atoms with Gasteiger partial charge >= 0.3 is 0 Å². The van der Waals surface area contributed by atoms with Gasteiger partial charge in [0, 0.05) is 11.1 Å². The fourth-order valence-electron chi connectivity index (χ4n) is 1.31. The van der Waals surface area contributed by atoms with Crippen LogP contribution in [0.25, 0.3) is 5.69 Å². The van der Waals surface area contributed by atoms with Crippen molar-refractivity contribution in [2.45, 2.75) is 0 Å². The van der Waals surface area contributed by atoms with Gasteiger partial charge in [-0.3, -0.25) is 9.59 Å². The maximum absolute atomic E-state index is 11.6. The summed E-state index contributed by atoms with van der Waals surface area (Å²) in [5.74, 6) is -0.435. The number of carbonyl (C=O) groups is 1. The van der Waals surface area contributed by atoms with Gasteiger partial charge in [-0.2, -0.15) is 9.78 Å². The molecule has 0 radical (unpaired) electrons. The van der Waals surface area contributed by atoms with Crippen molar-refractivity contribution >= 4 is 17.9 Å². The number of hydrogen-bond donors (Lipinski definition) is 1. The van der Waals surface area contributed by atoms with E-state index in [2.05, 4.69) is 5.10 Å². The van der Waals surface area contributed by atoms with Crippen molar-refractivity contribution in [3.63, 3.8) is 0 Å². The summed E-state index contributed by atoms with van der Waals surface area (Å²) in [4.78, 5) is 22.2. The van der Waals surface area contributed by atoms with Gasteiger partial charge in [-0.1, -0.05) is 11.6 Å². The number of carbonyl (C=O) groups excluding carboxylic acids is 1. The predicted octanol–water partition coefficient (Wildman–Crippen LogP) is 1.40. The minimum Gasteiger partial charge on any atom is -0.505 e. The fraction of sp³-hybridized carbons (Fsp3) is 0. The van der Waals surface area contributed by atoms with E-state index in [4.69, 9.17) is 11.6 Å². The smallest absolute Gasteiger partial charge is 0.275 e. The van der Waals surface area contributed by atoms with Crippen LogP contribution in [0.5, 0.6) is 5.75 Å². The molecule has 6 heteroatoms. The Morgan fingerprint density at radius 1 is 1.29 bits per heavy atom. The highest BCUT2D eigenvalue weighted by Gasteiger charge is 2.08. The van der Waals surface area contributed by atoms with Crippen molar-refractivity contribution in [3.8, 4) is 11.4 Å². The number of benzene rings is 1. The maximum atomic E-state index is 11.6. The van der Waals surface area contributed by atoms with E-state index in [1.807, 2.05) is 0 Å². The lowest BCUT2D eigenvalue weighted by molar-refractivity contribution is 0.111. The van der Waals surface area contributed by atoms with Gasteiger partial charge in [-0.15, -0.1) is 0 Å². The Morgan fingerprint density at radius 3 is 2.53 bits per heavy atom. The summed E-state index contributed by atoms with van der Waals surface area (Å²) in [6.07, 6.45) is 0.376. The van der Waals surface area contributed by atoms with Crippen LogP contribution < -0.4 is 5.56 Å². The van der Waals surface area contributed by atoms with Crippen molar-refractivity contribution in [2.75, 3.05) is 0 Å². The van der Waals surface area contributed by atoms with Crippen LogP contribution in [0.3, 0.4) is 0 Å². The van der Waals surface area contributed by atoms with Gasteiger partial charge in [0.15, 0.2) is 17.7 Å². The molecule has 1 heterocycles. The second-order valence-electron chi connectivity index (χ2n) is 3.26. The van der Waals surface area contributed by atoms with Crippen LogP contribution in [-0.2, 0) is 0 Å². The SMILES string of the molecule is O=Cc1nn(-c2ccc(Cl)cc2)c(=O)cc1O. The largest absolute Gasteiger partial charge is 0.505 e. The van der Waals surface area contributed by atoms with Crippen LogP contribution in [0.2, 0.25) is 5.02 Å². The number of aromatic hydroxyl groups is 1. The lowest BCUT2D eigenvalue weighted by Gasteiger charge is -2.05. The molecule has 2 aromatic rings. The molecule has 0 aliphatic carbocycles. The van der Waals surface area contributed by atoms with Gasteiger partial charge in [0.1, 0.15) is 0 Å². The third-order valence-electron chi connectivity index (χ3n) is 2.12. The average molecular weight is 251 g/mol. The van der Waals surface area contributed by atoms with E-state index in [0.29, 0.717) is 17.0 Å². The molecule has 0 bridgehead atoms. The Morgan fingerprint density at radius 2 is 1.94 bits per heavy atom. The number of aromatic nitrogens is 2. The molecule has 0 spiro atoms. The van der Waals surface area contributed by atoms with Crippen molar-refractivity contribution in [1.82, 2.24) is 9.78 Å². The molecule has 1 N–H and O–H groups in total. The van der Waals surface area contributed by atoms with E-state index in [0.717, 1.165) is 10.7 Å². The molecular formula is C11H7ClN2O3. The molecule has 0 aliphatic rings. The third-order valence-corrected chi connectivity index (χ3v) is 2.37. The summed E-state index contributed by atoms with van der Waals surface area (Å²) in [7, 11) is 0. The molecule has 1 aromatic heterocycles. The summed E-state index contributed by atoms with van der Waals surface area (Å²) in [6, 6.07) is 7.30. The highest BCUT2D eigenvalue weighted by Crippen LogP contribution is 2.13. The predicted molar refractivity (Wildman–Crippen MR) is 61.9 cm³/mol. The Labute approximate surface area is 101 Å². The normalized spacial score (nSPS) is 10.2. The van der Waals surface area contributed by atoms with E-state index in [1.165, 1.54) is 0 Å². The molecule has 0 atom stereocenters. The molecule has 1 aromatic carbocycles. The minimum atomic E-state index is -0.532. The Bertz CT molecular complexity index is 620. The van der Waals surface area contributed by atoms with E-state index < -0.39 is 11.3 Å². The van der Waals surface area contributed by atoms with Crippen molar-refractivity contribution in [3.05, 3.63) is 51.4 Å². The zero-order chi connectivity index (χ0) is 12.4. The highest BCUT2D eigenvalue weighted by molar-refractivity contribution is 6.30. The summed E-state index contributed by atoms with van der Waals surface area (Å²) < 4.78 is 1.01. The summed E-state index contributed by atoms with van der Waals surface area (Å²) >= 11 is 5.72. The third kappa shape index (κ3) is 2.19. The lowest BCUT2D eigenvalue weighted by atomic mass is 10.3. The molecule has 5 nitrogen and oxygen atoms in total. The second kappa shape index (κ2) is 4.39. The molecule has 86 valence electrons. The van der Waals surface area contributed by atoms with Gasteiger partial charge in [0.2, 0.25) is 0 Å². The minimum absolute atomic E-state index is 0.195. The van der Waals surface area contributed by atoms with Gasteiger partial charge < -0.3 is 5.11 Å². The molecule has 0 aliphatic heterocycles. The average Bonchev–Trinajstić information content (AvgIpc) is 2.31.